The lowest BCUT2D eigenvalue weighted by molar-refractivity contribution is 1.17. The Bertz CT molecular complexity index is 1820. The van der Waals surface area contributed by atoms with E-state index < -0.39 is 0 Å². The van der Waals surface area contributed by atoms with Crippen LogP contribution in [0.2, 0.25) is 0 Å². The standard InChI is InChI=1S/C36H24N4/c37-24-26-21-22-32(38-25-26)31-16-5-4-15-30(31)27-11-10-14-29(23-27)40-35-19-8-6-17-33(35)39(28-12-2-1-3-13-28)34-18-7-9-20-36(34)40/h1-23,25H. The normalized spacial score (nSPS) is 11.9. The summed E-state index contributed by atoms with van der Waals surface area (Å²) in [6, 6.07) is 50.5. The molecule has 1 aliphatic rings. The molecule has 6 aromatic rings. The maximum absolute atomic E-state index is 9.21. The first kappa shape index (κ1) is 23.5. The van der Waals surface area contributed by atoms with Crippen LogP contribution in [-0.4, -0.2) is 4.98 Å². The highest BCUT2D eigenvalue weighted by molar-refractivity contribution is 6.01. The molecule has 40 heavy (non-hydrogen) atoms. The number of rotatable bonds is 4. The van der Waals surface area contributed by atoms with Crippen LogP contribution in [0.1, 0.15) is 5.56 Å². The minimum atomic E-state index is 0.551. The third kappa shape index (κ3) is 3.98. The van der Waals surface area contributed by atoms with Crippen LogP contribution in [0.4, 0.5) is 34.1 Å². The first-order chi connectivity index (χ1) is 19.8. The molecule has 0 atom stereocenters. The van der Waals surface area contributed by atoms with Gasteiger partial charge in [-0.15, -0.1) is 0 Å². The SMILES string of the molecule is N#Cc1ccc(-c2ccccc2-c2cccc(N3c4ccccc4N(c4ccccc4)c4ccccc43)c2)nc1. The molecule has 4 heteroatoms. The van der Waals surface area contributed by atoms with Crippen molar-refractivity contribution < 1.29 is 0 Å². The van der Waals surface area contributed by atoms with Gasteiger partial charge in [0.05, 0.1) is 34.0 Å². The summed E-state index contributed by atoms with van der Waals surface area (Å²) in [5.41, 5.74) is 11.3. The Balaban J connectivity index is 1.38. The lowest BCUT2D eigenvalue weighted by Crippen LogP contribution is -2.23. The Morgan fingerprint density at radius 1 is 0.500 bits per heavy atom. The summed E-state index contributed by atoms with van der Waals surface area (Å²) in [6.07, 6.45) is 1.63. The molecule has 0 amide bonds. The predicted octanol–water partition coefficient (Wildman–Crippen LogP) is 9.54. The second-order valence-electron chi connectivity index (χ2n) is 9.62. The number of nitrogens with zero attached hydrogens (tertiary/aromatic N) is 4. The van der Waals surface area contributed by atoms with E-state index in [9.17, 15) is 5.26 Å². The Kier molecular flexibility index (Phi) is 5.81. The first-order valence-corrected chi connectivity index (χ1v) is 13.2. The van der Waals surface area contributed by atoms with Crippen molar-refractivity contribution in [2.24, 2.45) is 0 Å². The topological polar surface area (TPSA) is 43.2 Å². The van der Waals surface area contributed by atoms with Crippen molar-refractivity contribution in [2.75, 3.05) is 9.80 Å². The van der Waals surface area contributed by atoms with Gasteiger partial charge in [-0.25, -0.2) is 0 Å². The second-order valence-corrected chi connectivity index (χ2v) is 9.62. The number of nitriles is 1. The number of pyridine rings is 1. The van der Waals surface area contributed by atoms with Gasteiger partial charge < -0.3 is 9.80 Å². The number of aromatic nitrogens is 1. The molecule has 0 unspecified atom stereocenters. The molecule has 0 radical (unpaired) electrons. The Morgan fingerprint density at radius 2 is 1.05 bits per heavy atom. The van der Waals surface area contributed by atoms with Crippen LogP contribution in [0.3, 0.4) is 0 Å². The second kappa shape index (κ2) is 9.90. The van der Waals surface area contributed by atoms with Gasteiger partial charge in [0.1, 0.15) is 6.07 Å². The Labute approximate surface area is 233 Å². The van der Waals surface area contributed by atoms with Crippen LogP contribution in [0, 0.1) is 11.3 Å². The van der Waals surface area contributed by atoms with Gasteiger partial charge in [0.15, 0.2) is 0 Å². The first-order valence-electron chi connectivity index (χ1n) is 13.2. The van der Waals surface area contributed by atoms with E-state index in [1.807, 2.05) is 24.3 Å². The fourth-order valence-corrected chi connectivity index (χ4v) is 5.47. The zero-order chi connectivity index (χ0) is 26.9. The van der Waals surface area contributed by atoms with Gasteiger partial charge in [-0.2, -0.15) is 5.26 Å². The van der Waals surface area contributed by atoms with Gasteiger partial charge in [0.25, 0.3) is 0 Å². The fourth-order valence-electron chi connectivity index (χ4n) is 5.47. The summed E-state index contributed by atoms with van der Waals surface area (Å²) in [5.74, 6) is 0. The van der Waals surface area contributed by atoms with Crippen molar-refractivity contribution in [3.05, 3.63) is 151 Å². The highest BCUT2D eigenvalue weighted by Gasteiger charge is 2.30. The van der Waals surface area contributed by atoms with E-state index in [2.05, 4.69) is 136 Å². The monoisotopic (exact) mass is 512 g/mol. The summed E-state index contributed by atoms with van der Waals surface area (Å²) in [4.78, 5) is 9.25. The maximum Gasteiger partial charge on any atom is 0.101 e. The van der Waals surface area contributed by atoms with E-state index in [0.29, 0.717) is 5.56 Å². The molecule has 2 heterocycles. The van der Waals surface area contributed by atoms with Crippen LogP contribution < -0.4 is 9.80 Å². The Hall–Kier alpha value is -5.66. The number of para-hydroxylation sites is 5. The van der Waals surface area contributed by atoms with Crippen LogP contribution in [0.5, 0.6) is 0 Å². The van der Waals surface area contributed by atoms with Crippen molar-refractivity contribution in [1.82, 2.24) is 4.98 Å². The molecule has 0 saturated heterocycles. The molecular weight excluding hydrogens is 488 g/mol. The van der Waals surface area contributed by atoms with Crippen molar-refractivity contribution in [2.45, 2.75) is 0 Å². The molecule has 5 aromatic carbocycles. The van der Waals surface area contributed by atoms with Crippen molar-refractivity contribution in [1.29, 1.82) is 5.26 Å². The van der Waals surface area contributed by atoms with Crippen molar-refractivity contribution in [3.8, 4) is 28.5 Å². The molecule has 4 nitrogen and oxygen atoms in total. The van der Waals surface area contributed by atoms with E-state index in [4.69, 9.17) is 0 Å². The van der Waals surface area contributed by atoms with Crippen LogP contribution >= 0.6 is 0 Å². The molecule has 188 valence electrons. The van der Waals surface area contributed by atoms with E-state index in [1.165, 1.54) is 0 Å². The molecule has 0 bridgehead atoms. The molecule has 0 N–H and O–H groups in total. The molecule has 0 fully saturated rings. The number of benzene rings is 5. The minimum Gasteiger partial charge on any atom is -0.306 e. The molecular formula is C36H24N4. The van der Waals surface area contributed by atoms with Gasteiger partial charge in [-0.1, -0.05) is 78.9 Å². The summed E-state index contributed by atoms with van der Waals surface area (Å²) < 4.78 is 0. The highest BCUT2D eigenvalue weighted by Crippen LogP contribution is 2.54. The van der Waals surface area contributed by atoms with Gasteiger partial charge in [-0.3, -0.25) is 4.98 Å². The quantitative estimate of drug-likeness (QED) is 0.235. The molecule has 7 rings (SSSR count). The zero-order valence-electron chi connectivity index (χ0n) is 21.6. The zero-order valence-corrected chi connectivity index (χ0v) is 21.6. The van der Waals surface area contributed by atoms with E-state index in [0.717, 1.165) is 56.5 Å². The van der Waals surface area contributed by atoms with E-state index in [-0.39, 0.29) is 0 Å². The summed E-state index contributed by atoms with van der Waals surface area (Å²) in [5, 5.41) is 9.21. The lowest BCUT2D eigenvalue weighted by Gasteiger charge is -2.40. The smallest absolute Gasteiger partial charge is 0.101 e. The minimum absolute atomic E-state index is 0.551. The van der Waals surface area contributed by atoms with Crippen molar-refractivity contribution >= 4 is 34.1 Å². The van der Waals surface area contributed by atoms with Gasteiger partial charge >= 0.3 is 0 Å². The summed E-state index contributed by atoms with van der Waals surface area (Å²) in [7, 11) is 0. The number of hydrogen-bond acceptors (Lipinski definition) is 4. The maximum atomic E-state index is 9.21. The number of anilines is 6. The molecule has 0 saturated carbocycles. The largest absolute Gasteiger partial charge is 0.306 e. The number of fused-ring (bicyclic) bond motifs is 2. The number of hydrogen-bond donors (Lipinski definition) is 0. The van der Waals surface area contributed by atoms with Gasteiger partial charge in [-0.05, 0) is 71.8 Å². The highest BCUT2D eigenvalue weighted by atomic mass is 15.3. The average molecular weight is 513 g/mol. The molecule has 1 aromatic heterocycles. The fraction of sp³-hybridized carbons (Fsp3) is 0. The van der Waals surface area contributed by atoms with Crippen molar-refractivity contribution in [3.63, 3.8) is 0 Å². The summed E-state index contributed by atoms with van der Waals surface area (Å²) >= 11 is 0. The van der Waals surface area contributed by atoms with Crippen LogP contribution in [-0.2, 0) is 0 Å². The van der Waals surface area contributed by atoms with Gasteiger partial charge in [0.2, 0.25) is 0 Å². The predicted molar refractivity (Wildman–Crippen MR) is 163 cm³/mol. The van der Waals surface area contributed by atoms with E-state index >= 15 is 0 Å². The third-order valence-corrected chi connectivity index (χ3v) is 7.25. The molecule has 0 aliphatic carbocycles. The molecule has 1 aliphatic heterocycles. The van der Waals surface area contributed by atoms with Gasteiger partial charge in [0, 0.05) is 23.1 Å². The van der Waals surface area contributed by atoms with E-state index in [1.54, 1.807) is 6.20 Å². The molecule has 0 spiro atoms. The summed E-state index contributed by atoms with van der Waals surface area (Å²) in [6.45, 7) is 0. The third-order valence-electron chi connectivity index (χ3n) is 7.25. The van der Waals surface area contributed by atoms with Crippen LogP contribution in [0.15, 0.2) is 146 Å². The van der Waals surface area contributed by atoms with Crippen LogP contribution in [0.25, 0.3) is 22.4 Å². The lowest BCUT2D eigenvalue weighted by atomic mass is 9.96. The Morgan fingerprint density at radius 3 is 1.65 bits per heavy atom. The average Bonchev–Trinajstić information content (AvgIpc) is 3.04.